The molecule has 1 unspecified atom stereocenters. The number of carbonyl (C=O) groups is 1. The Morgan fingerprint density at radius 2 is 1.09 bits per heavy atom. The van der Waals surface area contributed by atoms with Crippen LogP contribution in [0.2, 0.25) is 0 Å². The number of carboxylic acids is 1. The molecule has 0 saturated heterocycles. The van der Waals surface area contributed by atoms with Gasteiger partial charge in [-0.25, -0.2) is 0 Å². The Hall–Kier alpha value is 0.820. The summed E-state index contributed by atoms with van der Waals surface area (Å²) in [6, 6.07) is 0. The number of hydrogen-bond donors (Lipinski definition) is 2. The Labute approximate surface area is 165 Å². The van der Waals surface area contributed by atoms with E-state index in [4.69, 9.17) is 5.11 Å². The number of thiol groups is 1. The minimum atomic E-state index is -0.784. The van der Waals surface area contributed by atoms with Crippen LogP contribution in [0.5, 0.6) is 0 Å². The van der Waals surface area contributed by atoms with Crippen molar-refractivity contribution in [1.29, 1.82) is 0 Å². The predicted molar refractivity (Wildman–Crippen MR) is 102 cm³/mol. The van der Waals surface area contributed by atoms with E-state index < -0.39 is 11.2 Å². The zero-order chi connectivity index (χ0) is 15.8. The molecular weight excluding hydrogens is 303 g/mol. The second-order valence-corrected chi connectivity index (χ2v) is 6.86. The van der Waals surface area contributed by atoms with E-state index in [0.29, 0.717) is 6.42 Å². The molecule has 0 heterocycles. The number of aliphatic carboxylic acids is 1. The molecule has 0 aliphatic rings. The van der Waals surface area contributed by atoms with Crippen LogP contribution in [0.3, 0.4) is 0 Å². The summed E-state index contributed by atoms with van der Waals surface area (Å²) in [4.78, 5) is 10.6. The molecule has 0 aromatic rings. The van der Waals surface area contributed by atoms with Crippen molar-refractivity contribution in [3.8, 4) is 0 Å². The summed E-state index contributed by atoms with van der Waals surface area (Å²) < 4.78 is 0. The second-order valence-electron chi connectivity index (χ2n) is 6.24. The summed E-state index contributed by atoms with van der Waals surface area (Å²) in [5.41, 5.74) is 0. The van der Waals surface area contributed by atoms with Gasteiger partial charge in [-0.2, -0.15) is 12.6 Å². The first-order valence-electron chi connectivity index (χ1n) is 9.09. The first-order chi connectivity index (χ1) is 10.2. The average molecular weight is 341 g/mol. The molecule has 1 N–H and O–H groups in total. The van der Waals surface area contributed by atoms with Crippen molar-refractivity contribution in [2.24, 2.45) is 0 Å². The van der Waals surface area contributed by atoms with Crippen LogP contribution in [0, 0.1) is 0 Å². The molecule has 0 radical (unpaired) electrons. The quantitative estimate of drug-likeness (QED) is 0.218. The molecule has 22 heavy (non-hydrogen) atoms. The van der Waals surface area contributed by atoms with Crippen molar-refractivity contribution in [1.82, 2.24) is 0 Å². The Bertz CT molecular complexity index is 237. The van der Waals surface area contributed by atoms with Gasteiger partial charge in [-0.1, -0.05) is 96.8 Å². The molecule has 0 rings (SSSR count). The van der Waals surface area contributed by atoms with Gasteiger partial charge < -0.3 is 5.11 Å². The van der Waals surface area contributed by atoms with Gasteiger partial charge in [0.1, 0.15) is 0 Å². The number of rotatable bonds is 16. The van der Waals surface area contributed by atoms with E-state index in [-0.39, 0.29) is 29.6 Å². The molecule has 1 atom stereocenters. The first-order valence-corrected chi connectivity index (χ1v) is 9.61. The number of hydrogen-bond acceptors (Lipinski definition) is 2. The molecule has 0 amide bonds. The Morgan fingerprint density at radius 3 is 1.41 bits per heavy atom. The standard InChI is InChI=1S/C18H36O2S.Na.H/c1-2-3-4-5-6-7-8-9-10-11-12-13-14-15-16-17(21)18(19)20;;/h17,21H,2-16H2,1H3,(H,19,20);;. The van der Waals surface area contributed by atoms with Crippen molar-refractivity contribution < 1.29 is 9.90 Å². The summed E-state index contributed by atoms with van der Waals surface area (Å²) in [5.74, 6) is -0.784. The normalized spacial score (nSPS) is 11.9. The molecule has 0 fully saturated rings. The average Bonchev–Trinajstić information content (AvgIpc) is 2.47. The summed E-state index contributed by atoms with van der Waals surface area (Å²) in [5, 5.41) is 8.24. The van der Waals surface area contributed by atoms with Crippen LogP contribution in [0.25, 0.3) is 0 Å². The second kappa shape index (κ2) is 19.9. The fourth-order valence-corrected chi connectivity index (χ4v) is 2.84. The van der Waals surface area contributed by atoms with Crippen LogP contribution in [0.4, 0.5) is 0 Å². The Morgan fingerprint density at radius 1 is 0.773 bits per heavy atom. The molecular formula is C18H37NaO2S. The van der Waals surface area contributed by atoms with E-state index in [1.165, 1.54) is 77.0 Å². The van der Waals surface area contributed by atoms with Gasteiger partial charge in [-0.05, 0) is 6.42 Å². The SMILES string of the molecule is CCCCCCCCCCCCCCCCC(S)C(=O)O.[NaH]. The fourth-order valence-electron chi connectivity index (χ4n) is 2.66. The topological polar surface area (TPSA) is 37.3 Å². The number of unbranched alkanes of at least 4 members (excludes halogenated alkanes) is 13. The van der Waals surface area contributed by atoms with Crippen LogP contribution in [-0.2, 0) is 4.79 Å². The molecule has 0 aliphatic heterocycles. The van der Waals surface area contributed by atoms with Gasteiger partial charge in [0.05, 0.1) is 5.25 Å². The summed E-state index contributed by atoms with van der Waals surface area (Å²) in [6.07, 6.45) is 19.4. The van der Waals surface area contributed by atoms with E-state index in [1.54, 1.807) is 0 Å². The van der Waals surface area contributed by atoms with Crippen molar-refractivity contribution in [3.63, 3.8) is 0 Å². The third-order valence-electron chi connectivity index (χ3n) is 4.12. The zero-order valence-corrected chi connectivity index (χ0v) is 14.9. The van der Waals surface area contributed by atoms with E-state index in [0.717, 1.165) is 12.8 Å². The molecule has 0 bridgehead atoms. The van der Waals surface area contributed by atoms with Crippen molar-refractivity contribution in [3.05, 3.63) is 0 Å². The van der Waals surface area contributed by atoms with Gasteiger partial charge in [-0.15, -0.1) is 0 Å². The molecule has 0 spiro atoms. The summed E-state index contributed by atoms with van der Waals surface area (Å²) >= 11 is 4.04. The fraction of sp³-hybridized carbons (Fsp3) is 0.944. The van der Waals surface area contributed by atoms with Gasteiger partial charge in [0, 0.05) is 0 Å². The van der Waals surface area contributed by atoms with Crippen LogP contribution in [-0.4, -0.2) is 45.9 Å². The van der Waals surface area contributed by atoms with Crippen LogP contribution in [0.1, 0.15) is 103 Å². The molecule has 0 aromatic carbocycles. The molecule has 0 aliphatic carbocycles. The van der Waals surface area contributed by atoms with Crippen LogP contribution in [0.15, 0.2) is 0 Å². The molecule has 4 heteroatoms. The van der Waals surface area contributed by atoms with Gasteiger partial charge >= 0.3 is 35.5 Å². The van der Waals surface area contributed by atoms with Crippen molar-refractivity contribution in [2.45, 2.75) is 108 Å². The van der Waals surface area contributed by atoms with E-state index in [1.807, 2.05) is 0 Å². The van der Waals surface area contributed by atoms with E-state index in [2.05, 4.69) is 19.6 Å². The van der Waals surface area contributed by atoms with Crippen molar-refractivity contribution >= 4 is 48.2 Å². The molecule has 0 aromatic heterocycles. The van der Waals surface area contributed by atoms with E-state index >= 15 is 0 Å². The minimum absolute atomic E-state index is 0. The summed E-state index contributed by atoms with van der Waals surface area (Å²) in [6.45, 7) is 2.27. The van der Waals surface area contributed by atoms with E-state index in [9.17, 15) is 4.79 Å². The van der Waals surface area contributed by atoms with Gasteiger partial charge in [0.25, 0.3) is 0 Å². The van der Waals surface area contributed by atoms with Gasteiger partial charge in [0.2, 0.25) is 0 Å². The third-order valence-corrected chi connectivity index (χ3v) is 4.60. The predicted octanol–water partition coefficient (Wildman–Crippen LogP) is 5.59. The summed E-state index contributed by atoms with van der Waals surface area (Å²) in [7, 11) is 0. The Kier molecular flexibility index (Phi) is 22.6. The molecule has 128 valence electrons. The van der Waals surface area contributed by atoms with Gasteiger partial charge in [-0.3, -0.25) is 4.79 Å². The monoisotopic (exact) mass is 340 g/mol. The Balaban J connectivity index is 0. The van der Waals surface area contributed by atoms with Crippen molar-refractivity contribution in [2.75, 3.05) is 0 Å². The third kappa shape index (κ3) is 18.9. The maximum absolute atomic E-state index is 10.6. The molecule has 2 nitrogen and oxygen atoms in total. The first kappa shape index (κ1) is 25.1. The van der Waals surface area contributed by atoms with Gasteiger partial charge in [0.15, 0.2) is 0 Å². The number of carboxylic acid groups (broad SMARTS) is 1. The zero-order valence-electron chi connectivity index (χ0n) is 14.0. The molecule has 0 saturated carbocycles. The van der Waals surface area contributed by atoms with Crippen LogP contribution < -0.4 is 0 Å². The maximum atomic E-state index is 10.6. The van der Waals surface area contributed by atoms with Crippen LogP contribution >= 0.6 is 12.6 Å².